The lowest BCUT2D eigenvalue weighted by atomic mass is 9.92. The molecule has 90 valence electrons. The van der Waals surface area contributed by atoms with Crippen LogP contribution in [0.1, 0.15) is 46.1 Å². The minimum absolute atomic E-state index is 0.409. The summed E-state index contributed by atoms with van der Waals surface area (Å²) in [6.45, 7) is 10.1. The molecule has 0 radical (unpaired) electrons. The van der Waals surface area contributed by atoms with E-state index in [4.69, 9.17) is 0 Å². The maximum Gasteiger partial charge on any atom is 0.0372 e. The first-order valence-corrected chi connectivity index (χ1v) is 6.35. The third kappa shape index (κ3) is 4.69. The van der Waals surface area contributed by atoms with Crippen molar-refractivity contribution in [3.63, 3.8) is 0 Å². The van der Waals surface area contributed by atoms with Gasteiger partial charge in [0.25, 0.3) is 0 Å². The molecular weight excluding hydrogens is 194 g/mol. The van der Waals surface area contributed by atoms with Crippen molar-refractivity contribution >= 4 is 5.69 Å². The van der Waals surface area contributed by atoms with Crippen molar-refractivity contribution in [2.75, 3.05) is 11.9 Å². The summed E-state index contributed by atoms with van der Waals surface area (Å²) in [5.74, 6) is 0. The Kier molecular flexibility index (Phi) is 4.85. The van der Waals surface area contributed by atoms with Crippen molar-refractivity contribution in [3.05, 3.63) is 29.8 Å². The molecule has 1 N–H and O–H groups in total. The third-order valence-electron chi connectivity index (χ3n) is 2.73. The number of rotatable bonds is 5. The van der Waals surface area contributed by atoms with E-state index in [0.29, 0.717) is 5.41 Å². The zero-order valence-corrected chi connectivity index (χ0v) is 11.1. The van der Waals surface area contributed by atoms with E-state index in [1.165, 1.54) is 30.5 Å². The number of nitrogens with one attached hydrogen (secondary N) is 1. The van der Waals surface area contributed by atoms with Gasteiger partial charge in [0, 0.05) is 12.2 Å². The van der Waals surface area contributed by atoms with Crippen LogP contribution in [0.15, 0.2) is 24.3 Å². The Bertz CT molecular complexity index is 309. The highest BCUT2D eigenvalue weighted by molar-refractivity contribution is 5.51. The molecule has 1 nitrogen and oxygen atoms in total. The first kappa shape index (κ1) is 13.1. The maximum atomic E-state index is 3.55. The Balaban J connectivity index is 2.52. The van der Waals surface area contributed by atoms with E-state index in [2.05, 4.69) is 57.3 Å². The molecule has 0 aliphatic heterocycles. The van der Waals surface area contributed by atoms with Crippen molar-refractivity contribution in [1.29, 1.82) is 0 Å². The fourth-order valence-electron chi connectivity index (χ4n) is 1.75. The second kappa shape index (κ2) is 5.93. The number of hydrogen-bond donors (Lipinski definition) is 1. The molecule has 0 amide bonds. The smallest absolute Gasteiger partial charge is 0.0372 e. The lowest BCUT2D eigenvalue weighted by molar-refractivity contribution is 0.390. The highest BCUT2D eigenvalue weighted by atomic mass is 14.9. The van der Waals surface area contributed by atoms with Crippen molar-refractivity contribution in [2.24, 2.45) is 5.41 Å². The number of aryl methyl sites for hydroxylation is 1. The van der Waals surface area contributed by atoms with Gasteiger partial charge in [0.1, 0.15) is 0 Å². The minimum atomic E-state index is 0.409. The van der Waals surface area contributed by atoms with Crippen LogP contribution in [0.4, 0.5) is 5.69 Å². The summed E-state index contributed by atoms with van der Waals surface area (Å²) in [5, 5.41) is 3.55. The van der Waals surface area contributed by atoms with Crippen LogP contribution < -0.4 is 5.32 Å². The molecule has 0 aromatic heterocycles. The van der Waals surface area contributed by atoms with E-state index in [1.807, 2.05) is 0 Å². The van der Waals surface area contributed by atoms with Crippen LogP contribution >= 0.6 is 0 Å². The van der Waals surface area contributed by atoms with Crippen LogP contribution in [0.25, 0.3) is 0 Å². The number of benzene rings is 1. The molecule has 0 aliphatic carbocycles. The molecule has 0 atom stereocenters. The van der Waals surface area contributed by atoms with Gasteiger partial charge in [-0.25, -0.2) is 0 Å². The zero-order chi connectivity index (χ0) is 12.0. The van der Waals surface area contributed by atoms with Crippen molar-refractivity contribution in [2.45, 2.75) is 47.0 Å². The Morgan fingerprint density at radius 2 is 1.81 bits per heavy atom. The van der Waals surface area contributed by atoms with Gasteiger partial charge in [-0.2, -0.15) is 0 Å². The summed E-state index contributed by atoms with van der Waals surface area (Å²) in [7, 11) is 0. The second-order valence-electron chi connectivity index (χ2n) is 5.64. The van der Waals surface area contributed by atoms with Crippen LogP contribution in [-0.2, 0) is 6.42 Å². The van der Waals surface area contributed by atoms with Gasteiger partial charge in [-0.3, -0.25) is 0 Å². The van der Waals surface area contributed by atoms with Crippen LogP contribution in [0.5, 0.6) is 0 Å². The van der Waals surface area contributed by atoms with Gasteiger partial charge in [0.15, 0.2) is 0 Å². The van der Waals surface area contributed by atoms with E-state index < -0.39 is 0 Å². The highest BCUT2D eigenvalue weighted by Gasteiger charge is 2.09. The van der Waals surface area contributed by atoms with Crippen LogP contribution in [0.3, 0.4) is 0 Å². The summed E-state index contributed by atoms with van der Waals surface area (Å²) in [6, 6.07) is 8.65. The highest BCUT2D eigenvalue weighted by Crippen LogP contribution is 2.20. The molecule has 1 aromatic carbocycles. The van der Waals surface area contributed by atoms with Crippen molar-refractivity contribution < 1.29 is 0 Å². The lowest BCUT2D eigenvalue weighted by Gasteiger charge is -2.19. The molecule has 0 saturated carbocycles. The number of hydrogen-bond acceptors (Lipinski definition) is 1. The predicted octanol–water partition coefficient (Wildman–Crippen LogP) is 4.49. The third-order valence-corrected chi connectivity index (χ3v) is 2.73. The lowest BCUT2D eigenvalue weighted by Crippen LogP contribution is -2.13. The average Bonchev–Trinajstić information content (AvgIpc) is 2.19. The SMILES string of the molecule is CCCc1ccccc1NCCC(C)(C)C. The molecule has 1 aromatic rings. The Labute approximate surface area is 100 Å². The normalized spacial score (nSPS) is 11.5. The molecule has 0 fully saturated rings. The van der Waals surface area contributed by atoms with Crippen molar-refractivity contribution in [3.8, 4) is 0 Å². The average molecular weight is 219 g/mol. The topological polar surface area (TPSA) is 12.0 Å². The van der Waals surface area contributed by atoms with E-state index in [1.54, 1.807) is 0 Å². The molecule has 16 heavy (non-hydrogen) atoms. The van der Waals surface area contributed by atoms with Gasteiger partial charge >= 0.3 is 0 Å². The second-order valence-corrected chi connectivity index (χ2v) is 5.64. The fourth-order valence-corrected chi connectivity index (χ4v) is 1.75. The molecule has 0 heterocycles. The van der Waals surface area contributed by atoms with Gasteiger partial charge < -0.3 is 5.32 Å². The van der Waals surface area contributed by atoms with Crippen LogP contribution in [0, 0.1) is 5.41 Å². The van der Waals surface area contributed by atoms with Gasteiger partial charge in [-0.05, 0) is 29.9 Å². The van der Waals surface area contributed by atoms with E-state index in [-0.39, 0.29) is 0 Å². The Morgan fingerprint density at radius 3 is 2.44 bits per heavy atom. The standard InChI is InChI=1S/C15H25N/c1-5-8-13-9-6-7-10-14(13)16-12-11-15(2,3)4/h6-7,9-10,16H,5,8,11-12H2,1-4H3. The Hall–Kier alpha value is -0.980. The predicted molar refractivity (Wildman–Crippen MR) is 73.0 cm³/mol. The number of para-hydroxylation sites is 1. The summed E-state index contributed by atoms with van der Waals surface area (Å²) >= 11 is 0. The molecule has 0 spiro atoms. The van der Waals surface area contributed by atoms with Gasteiger partial charge in [0.2, 0.25) is 0 Å². The summed E-state index contributed by atoms with van der Waals surface area (Å²) in [5.41, 5.74) is 3.17. The monoisotopic (exact) mass is 219 g/mol. The molecular formula is C15H25N. The quantitative estimate of drug-likeness (QED) is 0.769. The Morgan fingerprint density at radius 1 is 1.12 bits per heavy atom. The largest absolute Gasteiger partial charge is 0.385 e. The summed E-state index contributed by atoms with van der Waals surface area (Å²) in [4.78, 5) is 0. The van der Waals surface area contributed by atoms with Crippen LogP contribution in [-0.4, -0.2) is 6.54 Å². The first-order chi connectivity index (χ1) is 7.53. The fraction of sp³-hybridized carbons (Fsp3) is 0.600. The molecule has 1 rings (SSSR count). The summed E-state index contributed by atoms with van der Waals surface area (Å²) in [6.07, 6.45) is 3.57. The van der Waals surface area contributed by atoms with Crippen molar-refractivity contribution in [1.82, 2.24) is 0 Å². The molecule has 1 heteroatoms. The molecule has 0 unspecified atom stereocenters. The van der Waals surface area contributed by atoms with Gasteiger partial charge in [-0.15, -0.1) is 0 Å². The maximum absolute atomic E-state index is 3.55. The van der Waals surface area contributed by atoms with Gasteiger partial charge in [-0.1, -0.05) is 52.3 Å². The molecule has 0 saturated heterocycles. The zero-order valence-electron chi connectivity index (χ0n) is 11.1. The summed E-state index contributed by atoms with van der Waals surface area (Å²) < 4.78 is 0. The van der Waals surface area contributed by atoms with E-state index >= 15 is 0 Å². The minimum Gasteiger partial charge on any atom is -0.385 e. The van der Waals surface area contributed by atoms with Gasteiger partial charge in [0.05, 0.1) is 0 Å². The first-order valence-electron chi connectivity index (χ1n) is 6.35. The van der Waals surface area contributed by atoms with E-state index in [9.17, 15) is 0 Å². The van der Waals surface area contributed by atoms with E-state index in [0.717, 1.165) is 6.54 Å². The number of anilines is 1. The van der Waals surface area contributed by atoms with Crippen LogP contribution in [0.2, 0.25) is 0 Å². The molecule has 0 bridgehead atoms. The molecule has 0 aliphatic rings.